The summed E-state index contributed by atoms with van der Waals surface area (Å²) in [6, 6.07) is 1.26. The normalized spacial score (nSPS) is 34.0. The van der Waals surface area contributed by atoms with Crippen LogP contribution in [0.4, 0.5) is 0 Å². The Bertz CT molecular complexity index is 198. The quantitative estimate of drug-likeness (QED) is 0.761. The number of nitrogens with two attached hydrogens (primary N) is 1. The van der Waals surface area contributed by atoms with Gasteiger partial charge in [0.25, 0.3) is 0 Å². The second-order valence-electron chi connectivity index (χ2n) is 4.98. The van der Waals surface area contributed by atoms with Crippen molar-refractivity contribution in [2.45, 2.75) is 44.2 Å². The van der Waals surface area contributed by atoms with Gasteiger partial charge in [-0.25, -0.2) is 0 Å². The zero-order valence-corrected chi connectivity index (χ0v) is 9.82. The van der Waals surface area contributed by atoms with Crippen LogP contribution in [0.1, 0.15) is 32.1 Å². The minimum atomic E-state index is 0.447. The highest BCUT2D eigenvalue weighted by atomic mass is 16.5. The first kappa shape index (κ1) is 11.4. The van der Waals surface area contributed by atoms with E-state index in [4.69, 9.17) is 10.5 Å². The number of ether oxygens (including phenoxy) is 1. The maximum Gasteiger partial charge on any atom is 0.0630 e. The summed E-state index contributed by atoms with van der Waals surface area (Å²) < 4.78 is 5.27. The molecule has 0 spiro atoms. The molecule has 0 bridgehead atoms. The number of hydrogen-bond acceptors (Lipinski definition) is 3. The lowest BCUT2D eigenvalue weighted by Crippen LogP contribution is -2.47. The fraction of sp³-hybridized carbons (Fsp3) is 1.00. The molecule has 1 saturated carbocycles. The Kier molecular flexibility index (Phi) is 4.00. The molecule has 3 nitrogen and oxygen atoms in total. The predicted molar refractivity (Wildman–Crippen MR) is 61.8 cm³/mol. The van der Waals surface area contributed by atoms with Gasteiger partial charge in [0, 0.05) is 25.7 Å². The fourth-order valence-corrected chi connectivity index (χ4v) is 3.39. The highest BCUT2D eigenvalue weighted by molar-refractivity contribution is 4.93. The third-order valence-electron chi connectivity index (χ3n) is 4.15. The number of rotatable bonds is 4. The zero-order chi connectivity index (χ0) is 10.7. The molecule has 1 saturated heterocycles. The summed E-state index contributed by atoms with van der Waals surface area (Å²) >= 11 is 0. The lowest BCUT2D eigenvalue weighted by atomic mass is 9.85. The zero-order valence-electron chi connectivity index (χ0n) is 9.82. The molecule has 3 heteroatoms. The molecule has 3 atom stereocenters. The van der Waals surface area contributed by atoms with Crippen molar-refractivity contribution in [2.75, 3.05) is 26.8 Å². The summed E-state index contributed by atoms with van der Waals surface area (Å²) in [5.41, 5.74) is 5.84. The molecule has 1 aliphatic heterocycles. The van der Waals surface area contributed by atoms with E-state index in [2.05, 4.69) is 4.90 Å². The molecule has 3 unspecified atom stereocenters. The first-order chi connectivity index (χ1) is 7.36. The molecule has 88 valence electrons. The van der Waals surface area contributed by atoms with Crippen LogP contribution >= 0.6 is 0 Å². The van der Waals surface area contributed by atoms with E-state index in [0.29, 0.717) is 6.04 Å². The van der Waals surface area contributed by atoms with Crippen LogP contribution in [0.5, 0.6) is 0 Å². The third-order valence-corrected chi connectivity index (χ3v) is 4.15. The summed E-state index contributed by atoms with van der Waals surface area (Å²) in [5, 5.41) is 0. The highest BCUT2D eigenvalue weighted by Gasteiger charge is 2.38. The van der Waals surface area contributed by atoms with E-state index >= 15 is 0 Å². The first-order valence-corrected chi connectivity index (χ1v) is 6.31. The van der Waals surface area contributed by atoms with Crippen LogP contribution in [0.25, 0.3) is 0 Å². The van der Waals surface area contributed by atoms with Gasteiger partial charge in [0.15, 0.2) is 0 Å². The summed E-state index contributed by atoms with van der Waals surface area (Å²) in [6.07, 6.45) is 7.04. The lowest BCUT2D eigenvalue weighted by Gasteiger charge is -2.36. The van der Waals surface area contributed by atoms with E-state index in [9.17, 15) is 0 Å². The van der Waals surface area contributed by atoms with Gasteiger partial charge < -0.3 is 10.5 Å². The summed E-state index contributed by atoms with van der Waals surface area (Å²) in [5.74, 6) is 0.949. The van der Waals surface area contributed by atoms with Gasteiger partial charge >= 0.3 is 0 Å². The molecule has 2 fully saturated rings. The van der Waals surface area contributed by atoms with Crippen molar-refractivity contribution in [1.82, 2.24) is 4.90 Å². The van der Waals surface area contributed by atoms with Crippen LogP contribution in [0.3, 0.4) is 0 Å². The molecular formula is C12H24N2O. The van der Waals surface area contributed by atoms with Gasteiger partial charge in [-0.05, 0) is 31.7 Å². The number of methoxy groups -OCH3 is 1. The van der Waals surface area contributed by atoms with E-state index in [1.165, 1.54) is 38.6 Å². The Labute approximate surface area is 93.0 Å². The van der Waals surface area contributed by atoms with E-state index in [0.717, 1.165) is 25.1 Å². The van der Waals surface area contributed by atoms with Crippen molar-refractivity contribution in [2.24, 2.45) is 11.7 Å². The molecule has 15 heavy (non-hydrogen) atoms. The van der Waals surface area contributed by atoms with Crippen LogP contribution in [0, 0.1) is 5.92 Å². The second-order valence-corrected chi connectivity index (χ2v) is 4.98. The Hall–Kier alpha value is -0.120. The van der Waals surface area contributed by atoms with Gasteiger partial charge in [-0.1, -0.05) is 12.8 Å². The standard InChI is InChI=1S/C12H24N2O/c1-15-9-11(8-13)14-7-6-10-4-2-3-5-12(10)14/h10-12H,2-9,13H2,1H3. The van der Waals surface area contributed by atoms with Gasteiger partial charge in [-0.2, -0.15) is 0 Å². The number of hydrogen-bond donors (Lipinski definition) is 1. The molecule has 0 aromatic rings. The Morgan fingerprint density at radius 2 is 2.13 bits per heavy atom. The minimum absolute atomic E-state index is 0.447. The van der Waals surface area contributed by atoms with E-state index in [1.54, 1.807) is 7.11 Å². The number of nitrogens with zero attached hydrogens (tertiary/aromatic N) is 1. The van der Waals surface area contributed by atoms with Crippen LogP contribution in [-0.2, 0) is 4.74 Å². The average molecular weight is 212 g/mol. The van der Waals surface area contributed by atoms with Crippen LogP contribution in [0.15, 0.2) is 0 Å². The topological polar surface area (TPSA) is 38.5 Å². The first-order valence-electron chi connectivity index (χ1n) is 6.31. The maximum absolute atomic E-state index is 5.84. The van der Waals surface area contributed by atoms with Crippen LogP contribution < -0.4 is 5.73 Å². The molecule has 0 aromatic carbocycles. The average Bonchev–Trinajstić information content (AvgIpc) is 2.70. The van der Waals surface area contributed by atoms with Gasteiger partial charge in [-0.15, -0.1) is 0 Å². The smallest absolute Gasteiger partial charge is 0.0630 e. The Morgan fingerprint density at radius 3 is 2.87 bits per heavy atom. The van der Waals surface area contributed by atoms with E-state index < -0.39 is 0 Å². The van der Waals surface area contributed by atoms with Crippen molar-refractivity contribution in [3.05, 3.63) is 0 Å². The van der Waals surface area contributed by atoms with Gasteiger partial charge in [-0.3, -0.25) is 4.90 Å². The SMILES string of the molecule is COCC(CN)N1CCC2CCCCC21. The van der Waals surface area contributed by atoms with E-state index in [-0.39, 0.29) is 0 Å². The lowest BCUT2D eigenvalue weighted by molar-refractivity contribution is 0.0686. The molecule has 0 radical (unpaired) electrons. The second kappa shape index (κ2) is 5.28. The largest absolute Gasteiger partial charge is 0.383 e. The summed E-state index contributed by atoms with van der Waals surface area (Å²) in [4.78, 5) is 2.62. The number of fused-ring (bicyclic) bond motifs is 1. The van der Waals surface area contributed by atoms with Crippen molar-refractivity contribution < 1.29 is 4.74 Å². The van der Waals surface area contributed by atoms with Crippen molar-refractivity contribution in [3.8, 4) is 0 Å². The maximum atomic E-state index is 5.84. The monoisotopic (exact) mass is 212 g/mol. The fourth-order valence-electron chi connectivity index (χ4n) is 3.39. The number of likely N-dealkylation sites (tertiary alicyclic amines) is 1. The molecule has 2 N–H and O–H groups in total. The molecule has 1 aliphatic carbocycles. The Morgan fingerprint density at radius 1 is 1.33 bits per heavy atom. The molecule has 1 heterocycles. The minimum Gasteiger partial charge on any atom is -0.383 e. The third kappa shape index (κ3) is 2.35. The van der Waals surface area contributed by atoms with Gasteiger partial charge in [0.2, 0.25) is 0 Å². The predicted octanol–water partition coefficient (Wildman–Crippen LogP) is 1.22. The highest BCUT2D eigenvalue weighted by Crippen LogP contribution is 2.37. The Balaban J connectivity index is 1.96. The molecule has 2 aliphatic rings. The van der Waals surface area contributed by atoms with Gasteiger partial charge in [0.1, 0.15) is 0 Å². The summed E-state index contributed by atoms with van der Waals surface area (Å²) in [7, 11) is 1.77. The van der Waals surface area contributed by atoms with Crippen LogP contribution in [-0.4, -0.2) is 43.8 Å². The summed E-state index contributed by atoms with van der Waals surface area (Å²) in [6.45, 7) is 2.76. The van der Waals surface area contributed by atoms with Crippen molar-refractivity contribution in [3.63, 3.8) is 0 Å². The van der Waals surface area contributed by atoms with E-state index in [1.807, 2.05) is 0 Å². The van der Waals surface area contributed by atoms with Crippen LogP contribution in [0.2, 0.25) is 0 Å². The van der Waals surface area contributed by atoms with Crippen molar-refractivity contribution >= 4 is 0 Å². The molecular weight excluding hydrogens is 188 g/mol. The molecule has 2 rings (SSSR count). The van der Waals surface area contributed by atoms with Gasteiger partial charge in [0.05, 0.1) is 6.61 Å². The molecule has 0 amide bonds. The van der Waals surface area contributed by atoms with Crippen molar-refractivity contribution in [1.29, 1.82) is 0 Å². The molecule has 0 aromatic heterocycles.